The predicted octanol–water partition coefficient (Wildman–Crippen LogP) is 1.33. The lowest BCUT2D eigenvalue weighted by molar-refractivity contribution is -0.310. The Bertz CT molecular complexity index is 692. The maximum atomic E-state index is 12.4. The number of fused-ring (bicyclic) bond motifs is 1. The Morgan fingerprint density at radius 3 is 2.68 bits per heavy atom. The second-order valence-corrected chi connectivity index (χ2v) is 5.66. The average molecular weight is 297 g/mol. The van der Waals surface area contributed by atoms with Crippen molar-refractivity contribution in [2.75, 3.05) is 0 Å². The van der Waals surface area contributed by atoms with Crippen molar-refractivity contribution in [2.45, 2.75) is 38.1 Å². The number of rotatable bonds is 5. The van der Waals surface area contributed by atoms with Gasteiger partial charge < -0.3 is 14.5 Å². The number of nitrogens with zero attached hydrogens (tertiary/aromatic N) is 2. The van der Waals surface area contributed by atoms with Crippen LogP contribution in [-0.4, -0.2) is 21.3 Å². The number of aryl methyl sites for hydroxylation is 2. The van der Waals surface area contributed by atoms with E-state index in [2.05, 4.69) is 4.98 Å². The second kappa shape index (κ2) is 6.13. The van der Waals surface area contributed by atoms with Gasteiger partial charge >= 0.3 is 0 Å². The Morgan fingerprint density at radius 1 is 1.23 bits per heavy atom. The van der Waals surface area contributed by atoms with Crippen LogP contribution in [0.2, 0.25) is 0 Å². The Hall–Kier alpha value is -2.43. The van der Waals surface area contributed by atoms with Gasteiger partial charge in [0.25, 0.3) is 0 Å². The van der Waals surface area contributed by atoms with Gasteiger partial charge in [-0.25, -0.2) is 4.98 Å². The third-order valence-corrected chi connectivity index (χ3v) is 4.21. The molecule has 3 rings (SSSR count). The third-order valence-electron chi connectivity index (χ3n) is 4.21. The molecule has 0 aliphatic heterocycles. The molecular weight excluding hydrogens is 280 g/mol. The lowest BCUT2D eigenvalue weighted by Crippen LogP contribution is -2.34. The first-order valence-corrected chi connectivity index (χ1v) is 7.48. The molecule has 0 unspecified atom stereocenters. The predicted molar refractivity (Wildman–Crippen MR) is 78.3 cm³/mol. The summed E-state index contributed by atoms with van der Waals surface area (Å²) >= 11 is 0. The highest BCUT2D eigenvalue weighted by molar-refractivity contribution is 5.98. The molecule has 0 radical (unpaired) electrons. The fraction of sp³-hybridized carbons (Fsp3) is 0.353. The Morgan fingerprint density at radius 2 is 2.00 bits per heavy atom. The highest BCUT2D eigenvalue weighted by atomic mass is 16.4. The molecule has 0 saturated carbocycles. The molecule has 1 heterocycles. The monoisotopic (exact) mass is 297 g/mol. The number of ketones is 1. The largest absolute Gasteiger partial charge is 0.548 e. The van der Waals surface area contributed by atoms with Gasteiger partial charge in [0.15, 0.2) is 5.78 Å². The van der Waals surface area contributed by atoms with Crippen molar-refractivity contribution in [1.82, 2.24) is 9.55 Å². The molecule has 0 bridgehead atoms. The van der Waals surface area contributed by atoms with Gasteiger partial charge in [0.05, 0.1) is 18.3 Å². The van der Waals surface area contributed by atoms with Crippen LogP contribution in [0.4, 0.5) is 0 Å². The molecule has 1 atom stereocenters. The minimum absolute atomic E-state index is 0.128. The van der Waals surface area contributed by atoms with E-state index in [1.807, 2.05) is 12.1 Å². The van der Waals surface area contributed by atoms with Gasteiger partial charge in [-0.3, -0.25) is 4.79 Å². The van der Waals surface area contributed by atoms with Gasteiger partial charge in [-0.2, -0.15) is 0 Å². The number of benzene rings is 1. The highest BCUT2D eigenvalue weighted by Crippen LogP contribution is 2.24. The lowest BCUT2D eigenvalue weighted by atomic mass is 9.89. The van der Waals surface area contributed by atoms with Crippen LogP contribution < -0.4 is 5.11 Å². The summed E-state index contributed by atoms with van der Waals surface area (Å²) in [6.45, 7) is 0. The van der Waals surface area contributed by atoms with Gasteiger partial charge in [0.1, 0.15) is 0 Å². The molecule has 5 heteroatoms. The topological polar surface area (TPSA) is 75.0 Å². The van der Waals surface area contributed by atoms with Gasteiger partial charge in [-0.1, -0.05) is 12.1 Å². The number of Topliss-reactive ketones (excluding diaryl/α,β-unsaturated/α-hetero) is 1. The molecule has 5 nitrogen and oxygen atoms in total. The zero-order valence-electron chi connectivity index (χ0n) is 12.2. The molecule has 114 valence electrons. The molecule has 1 aromatic heterocycles. The van der Waals surface area contributed by atoms with Crippen molar-refractivity contribution in [2.24, 2.45) is 0 Å². The smallest absolute Gasteiger partial charge is 0.165 e. The number of aliphatic carboxylic acids is 1. The number of carbonyl (C=O) groups excluding carboxylic acids is 2. The number of carboxylic acid groups (broad SMARTS) is 1. The van der Waals surface area contributed by atoms with E-state index in [9.17, 15) is 14.7 Å². The summed E-state index contributed by atoms with van der Waals surface area (Å²) in [4.78, 5) is 27.5. The summed E-state index contributed by atoms with van der Waals surface area (Å²) in [6, 6.07) is 4.68. The summed E-state index contributed by atoms with van der Waals surface area (Å²) < 4.78 is 1.39. The molecule has 1 aliphatic rings. The number of carboxylic acids is 1. The van der Waals surface area contributed by atoms with E-state index in [0.29, 0.717) is 5.56 Å². The summed E-state index contributed by atoms with van der Waals surface area (Å²) in [5, 5.41) is 11.3. The van der Waals surface area contributed by atoms with E-state index in [1.54, 1.807) is 6.07 Å². The molecule has 1 aromatic carbocycles. The average Bonchev–Trinajstić information content (AvgIpc) is 3.05. The van der Waals surface area contributed by atoms with Crippen LogP contribution >= 0.6 is 0 Å². The summed E-state index contributed by atoms with van der Waals surface area (Å²) in [7, 11) is 0. The number of hydrogen-bond donors (Lipinski definition) is 0. The minimum atomic E-state index is -1.27. The first-order chi connectivity index (χ1) is 10.6. The summed E-state index contributed by atoms with van der Waals surface area (Å²) in [6.07, 6.45) is 8.65. The lowest BCUT2D eigenvalue weighted by Gasteiger charge is -2.20. The van der Waals surface area contributed by atoms with Crippen molar-refractivity contribution in [3.05, 3.63) is 53.6 Å². The Labute approximate surface area is 128 Å². The van der Waals surface area contributed by atoms with E-state index in [1.165, 1.54) is 40.8 Å². The van der Waals surface area contributed by atoms with Crippen LogP contribution in [-0.2, 0) is 17.6 Å². The van der Waals surface area contributed by atoms with E-state index in [4.69, 9.17) is 0 Å². The fourth-order valence-electron chi connectivity index (χ4n) is 2.96. The molecule has 2 aromatic rings. The summed E-state index contributed by atoms with van der Waals surface area (Å²) in [5.74, 6) is -1.46. The quantitative estimate of drug-likeness (QED) is 0.780. The standard InChI is InChI=1S/C17H18N2O3/c20-16(10-15(17(21)22)19-8-7-18-11-19)14-6-5-12-3-1-2-4-13(12)9-14/h5-9,11,15H,1-4,10H2,(H,21,22)/p-1/t15-/m0/s1. The fourth-order valence-corrected chi connectivity index (χ4v) is 2.96. The van der Waals surface area contributed by atoms with Crippen LogP contribution in [0, 0.1) is 0 Å². The van der Waals surface area contributed by atoms with Crippen LogP contribution in [0.5, 0.6) is 0 Å². The van der Waals surface area contributed by atoms with Crippen molar-refractivity contribution < 1.29 is 14.7 Å². The van der Waals surface area contributed by atoms with E-state index >= 15 is 0 Å². The SMILES string of the molecule is O=C(C[C@@H](C(=O)[O-])n1ccnc1)c1ccc2c(c1)CCCC2. The Kier molecular flexibility index (Phi) is 4.04. The maximum Gasteiger partial charge on any atom is 0.165 e. The van der Waals surface area contributed by atoms with Crippen LogP contribution in [0.3, 0.4) is 0 Å². The van der Waals surface area contributed by atoms with Crippen molar-refractivity contribution in [3.63, 3.8) is 0 Å². The molecule has 22 heavy (non-hydrogen) atoms. The highest BCUT2D eigenvalue weighted by Gasteiger charge is 2.19. The minimum Gasteiger partial charge on any atom is -0.548 e. The Balaban J connectivity index is 1.80. The number of hydrogen-bond acceptors (Lipinski definition) is 4. The van der Waals surface area contributed by atoms with E-state index in [0.717, 1.165) is 19.3 Å². The van der Waals surface area contributed by atoms with Gasteiger partial charge in [-0.05, 0) is 42.9 Å². The normalized spacial score (nSPS) is 15.1. The number of carbonyl (C=O) groups is 2. The van der Waals surface area contributed by atoms with Crippen molar-refractivity contribution in [3.8, 4) is 0 Å². The number of imidazole rings is 1. The molecule has 0 fully saturated rings. The third kappa shape index (κ3) is 2.93. The van der Waals surface area contributed by atoms with Crippen molar-refractivity contribution in [1.29, 1.82) is 0 Å². The summed E-state index contributed by atoms with van der Waals surface area (Å²) in [5.41, 5.74) is 3.09. The van der Waals surface area contributed by atoms with E-state index < -0.39 is 12.0 Å². The second-order valence-electron chi connectivity index (χ2n) is 5.66. The van der Waals surface area contributed by atoms with Crippen LogP contribution in [0.25, 0.3) is 0 Å². The molecule has 0 spiro atoms. The first-order valence-electron chi connectivity index (χ1n) is 7.48. The van der Waals surface area contributed by atoms with Gasteiger partial charge in [0, 0.05) is 24.4 Å². The molecule has 0 saturated heterocycles. The molecule has 0 amide bonds. The molecule has 1 aliphatic carbocycles. The first kappa shape index (κ1) is 14.5. The van der Waals surface area contributed by atoms with Gasteiger partial charge in [-0.15, -0.1) is 0 Å². The maximum absolute atomic E-state index is 12.4. The van der Waals surface area contributed by atoms with E-state index in [-0.39, 0.29) is 12.2 Å². The molecule has 0 N–H and O–H groups in total. The van der Waals surface area contributed by atoms with Gasteiger partial charge in [0.2, 0.25) is 0 Å². The zero-order chi connectivity index (χ0) is 15.5. The molecular formula is C17H17N2O3-. The number of aromatic nitrogens is 2. The van der Waals surface area contributed by atoms with Crippen molar-refractivity contribution >= 4 is 11.8 Å². The van der Waals surface area contributed by atoms with Crippen LogP contribution in [0.1, 0.15) is 46.8 Å². The van der Waals surface area contributed by atoms with Crippen LogP contribution in [0.15, 0.2) is 36.9 Å². The zero-order valence-corrected chi connectivity index (χ0v) is 12.2.